The lowest BCUT2D eigenvalue weighted by atomic mass is 9.99. The molecule has 0 bridgehead atoms. The summed E-state index contributed by atoms with van der Waals surface area (Å²) < 4.78 is 5.38. The van der Waals surface area contributed by atoms with Gasteiger partial charge in [0.25, 0.3) is 5.91 Å². The fourth-order valence-corrected chi connectivity index (χ4v) is 3.23. The van der Waals surface area contributed by atoms with Gasteiger partial charge in [0.15, 0.2) is 0 Å². The molecule has 1 fully saturated rings. The molecule has 1 saturated heterocycles. The first kappa shape index (κ1) is 17.5. The van der Waals surface area contributed by atoms with Gasteiger partial charge >= 0.3 is 0 Å². The summed E-state index contributed by atoms with van der Waals surface area (Å²) in [5, 5.41) is 3.11. The van der Waals surface area contributed by atoms with Crippen LogP contribution in [0.1, 0.15) is 40.0 Å². The van der Waals surface area contributed by atoms with Gasteiger partial charge in [-0.05, 0) is 56.2 Å². The molecule has 25 heavy (non-hydrogen) atoms. The molecule has 0 aliphatic carbocycles. The second-order valence-electron chi connectivity index (χ2n) is 6.70. The SMILES string of the molecule is Cc1ccc(C)c([C@@H](C)NC(=O)c2ccc(N3CCOCC3)cc2)c1. The highest BCUT2D eigenvalue weighted by molar-refractivity contribution is 5.94. The molecular formula is C21H26N2O2. The van der Waals surface area contributed by atoms with E-state index in [9.17, 15) is 4.79 Å². The number of hydrogen-bond acceptors (Lipinski definition) is 3. The number of nitrogens with zero attached hydrogens (tertiary/aromatic N) is 1. The zero-order chi connectivity index (χ0) is 17.8. The van der Waals surface area contributed by atoms with Crippen LogP contribution in [0.15, 0.2) is 42.5 Å². The molecule has 0 radical (unpaired) electrons. The lowest BCUT2D eigenvalue weighted by molar-refractivity contribution is 0.0939. The van der Waals surface area contributed by atoms with E-state index in [1.165, 1.54) is 16.7 Å². The zero-order valence-electron chi connectivity index (χ0n) is 15.2. The largest absolute Gasteiger partial charge is 0.378 e. The van der Waals surface area contributed by atoms with E-state index in [1.807, 2.05) is 31.2 Å². The zero-order valence-corrected chi connectivity index (χ0v) is 15.2. The third-order valence-corrected chi connectivity index (χ3v) is 4.75. The molecule has 0 unspecified atom stereocenters. The van der Waals surface area contributed by atoms with Crippen LogP contribution < -0.4 is 10.2 Å². The molecule has 4 heteroatoms. The van der Waals surface area contributed by atoms with Gasteiger partial charge in [-0.2, -0.15) is 0 Å². The van der Waals surface area contributed by atoms with E-state index in [4.69, 9.17) is 4.74 Å². The van der Waals surface area contributed by atoms with Crippen molar-refractivity contribution in [2.45, 2.75) is 26.8 Å². The molecule has 1 atom stereocenters. The normalized spacial score (nSPS) is 15.7. The van der Waals surface area contributed by atoms with Crippen molar-refractivity contribution >= 4 is 11.6 Å². The number of carbonyl (C=O) groups excluding carboxylic acids is 1. The smallest absolute Gasteiger partial charge is 0.251 e. The van der Waals surface area contributed by atoms with Crippen molar-refractivity contribution in [3.63, 3.8) is 0 Å². The summed E-state index contributed by atoms with van der Waals surface area (Å²) in [4.78, 5) is 14.8. The summed E-state index contributed by atoms with van der Waals surface area (Å²) in [5.74, 6) is -0.0399. The maximum atomic E-state index is 12.6. The van der Waals surface area contributed by atoms with Crippen molar-refractivity contribution < 1.29 is 9.53 Å². The van der Waals surface area contributed by atoms with E-state index in [2.05, 4.69) is 42.3 Å². The van der Waals surface area contributed by atoms with Crippen LogP contribution in [0.3, 0.4) is 0 Å². The average molecular weight is 338 g/mol. The van der Waals surface area contributed by atoms with Crippen LogP contribution in [0.25, 0.3) is 0 Å². The number of rotatable bonds is 4. The van der Waals surface area contributed by atoms with Crippen LogP contribution in [0.2, 0.25) is 0 Å². The van der Waals surface area contributed by atoms with Gasteiger partial charge in [0.05, 0.1) is 19.3 Å². The number of amides is 1. The summed E-state index contributed by atoms with van der Waals surface area (Å²) in [5.41, 5.74) is 5.40. The number of aryl methyl sites for hydroxylation is 2. The minimum Gasteiger partial charge on any atom is -0.378 e. The average Bonchev–Trinajstić information content (AvgIpc) is 2.64. The predicted octanol–water partition coefficient (Wildman–Crippen LogP) is 3.63. The van der Waals surface area contributed by atoms with Gasteiger partial charge in [-0.15, -0.1) is 0 Å². The second-order valence-corrected chi connectivity index (χ2v) is 6.70. The van der Waals surface area contributed by atoms with Crippen LogP contribution in [-0.4, -0.2) is 32.2 Å². The van der Waals surface area contributed by atoms with E-state index >= 15 is 0 Å². The summed E-state index contributed by atoms with van der Waals surface area (Å²) in [6.07, 6.45) is 0. The highest BCUT2D eigenvalue weighted by atomic mass is 16.5. The van der Waals surface area contributed by atoms with Crippen molar-refractivity contribution in [2.24, 2.45) is 0 Å². The molecule has 0 saturated carbocycles. The Labute approximate surface area is 149 Å². The summed E-state index contributed by atoms with van der Waals surface area (Å²) in [6.45, 7) is 9.49. The van der Waals surface area contributed by atoms with Crippen molar-refractivity contribution in [3.05, 3.63) is 64.7 Å². The van der Waals surface area contributed by atoms with Gasteiger partial charge in [-0.3, -0.25) is 4.79 Å². The highest BCUT2D eigenvalue weighted by Gasteiger charge is 2.15. The standard InChI is InChI=1S/C21H26N2O2/c1-15-4-5-16(2)20(14-15)17(3)22-21(24)18-6-8-19(9-7-18)23-10-12-25-13-11-23/h4-9,14,17H,10-13H2,1-3H3,(H,22,24)/t17-/m1/s1. The van der Waals surface area contributed by atoms with Crippen molar-refractivity contribution in [1.82, 2.24) is 5.32 Å². The van der Waals surface area contributed by atoms with Crippen LogP contribution >= 0.6 is 0 Å². The fourth-order valence-electron chi connectivity index (χ4n) is 3.23. The Kier molecular flexibility index (Phi) is 5.39. The molecule has 3 rings (SSSR count). The maximum Gasteiger partial charge on any atom is 0.251 e. The summed E-state index contributed by atoms with van der Waals surface area (Å²) in [7, 11) is 0. The Morgan fingerprint density at radius 1 is 1.08 bits per heavy atom. The third-order valence-electron chi connectivity index (χ3n) is 4.75. The van der Waals surface area contributed by atoms with Crippen LogP contribution in [0, 0.1) is 13.8 Å². The van der Waals surface area contributed by atoms with Gasteiger partial charge in [0.2, 0.25) is 0 Å². The Balaban J connectivity index is 1.67. The van der Waals surface area contributed by atoms with Crippen LogP contribution in [0.5, 0.6) is 0 Å². The number of morpholine rings is 1. The third kappa shape index (κ3) is 4.20. The van der Waals surface area contributed by atoms with E-state index in [1.54, 1.807) is 0 Å². The minimum atomic E-state index is -0.0399. The van der Waals surface area contributed by atoms with Crippen molar-refractivity contribution in [2.75, 3.05) is 31.2 Å². The second kappa shape index (κ2) is 7.70. The van der Waals surface area contributed by atoms with Gasteiger partial charge in [-0.1, -0.05) is 23.8 Å². The first-order chi connectivity index (χ1) is 12.0. The Bertz CT molecular complexity index is 734. The van der Waals surface area contributed by atoms with E-state index in [0.717, 1.165) is 32.0 Å². The number of benzene rings is 2. The van der Waals surface area contributed by atoms with Gasteiger partial charge in [0, 0.05) is 24.3 Å². The summed E-state index contributed by atoms with van der Waals surface area (Å²) in [6, 6.07) is 14.1. The molecule has 0 spiro atoms. The molecule has 1 N–H and O–H groups in total. The number of nitrogens with one attached hydrogen (secondary N) is 1. The molecule has 2 aromatic rings. The Hall–Kier alpha value is -2.33. The first-order valence-corrected chi connectivity index (χ1v) is 8.85. The van der Waals surface area contributed by atoms with Crippen LogP contribution in [-0.2, 0) is 4.74 Å². The predicted molar refractivity (Wildman–Crippen MR) is 101 cm³/mol. The quantitative estimate of drug-likeness (QED) is 0.925. The van der Waals surface area contributed by atoms with E-state index in [-0.39, 0.29) is 11.9 Å². The molecule has 0 aromatic heterocycles. The van der Waals surface area contributed by atoms with Gasteiger partial charge in [0.1, 0.15) is 0 Å². The maximum absolute atomic E-state index is 12.6. The van der Waals surface area contributed by atoms with E-state index in [0.29, 0.717) is 5.56 Å². The summed E-state index contributed by atoms with van der Waals surface area (Å²) >= 11 is 0. The number of anilines is 1. The molecule has 1 aliphatic rings. The highest BCUT2D eigenvalue weighted by Crippen LogP contribution is 2.20. The number of hydrogen-bond donors (Lipinski definition) is 1. The first-order valence-electron chi connectivity index (χ1n) is 8.85. The van der Waals surface area contributed by atoms with E-state index < -0.39 is 0 Å². The molecule has 2 aromatic carbocycles. The Morgan fingerprint density at radius 2 is 1.76 bits per heavy atom. The lowest BCUT2D eigenvalue weighted by Crippen LogP contribution is -2.36. The number of carbonyl (C=O) groups is 1. The molecular weight excluding hydrogens is 312 g/mol. The fraction of sp³-hybridized carbons (Fsp3) is 0.381. The Morgan fingerprint density at radius 3 is 2.44 bits per heavy atom. The van der Waals surface area contributed by atoms with Crippen LogP contribution in [0.4, 0.5) is 5.69 Å². The van der Waals surface area contributed by atoms with Crippen molar-refractivity contribution in [1.29, 1.82) is 0 Å². The molecule has 4 nitrogen and oxygen atoms in total. The molecule has 1 heterocycles. The minimum absolute atomic E-state index is 0.0219. The molecule has 1 amide bonds. The monoisotopic (exact) mass is 338 g/mol. The van der Waals surface area contributed by atoms with Crippen molar-refractivity contribution in [3.8, 4) is 0 Å². The van der Waals surface area contributed by atoms with Gasteiger partial charge in [-0.25, -0.2) is 0 Å². The molecule has 132 valence electrons. The van der Waals surface area contributed by atoms with Gasteiger partial charge < -0.3 is 15.0 Å². The number of ether oxygens (including phenoxy) is 1. The molecule has 1 aliphatic heterocycles. The topological polar surface area (TPSA) is 41.6 Å². The lowest BCUT2D eigenvalue weighted by Gasteiger charge is -2.28.